The highest BCUT2D eigenvalue weighted by molar-refractivity contribution is 7.98. The predicted molar refractivity (Wildman–Crippen MR) is 88.9 cm³/mol. The molecular weight excluding hydrogens is 250 g/mol. The van der Waals surface area contributed by atoms with Crippen LogP contribution in [0.1, 0.15) is 57.6 Å². The first kappa shape index (κ1) is 16.6. The zero-order chi connectivity index (χ0) is 13.9. The molecule has 2 unspecified atom stereocenters. The van der Waals surface area contributed by atoms with E-state index in [-0.39, 0.29) is 0 Å². The molecule has 0 heterocycles. The second-order valence-electron chi connectivity index (χ2n) is 5.31. The minimum Gasteiger partial charge on any atom is -0.307 e. The van der Waals surface area contributed by atoms with E-state index in [9.17, 15) is 0 Å². The van der Waals surface area contributed by atoms with Gasteiger partial charge in [-0.05, 0) is 37.3 Å². The number of unbranched alkanes of at least 4 members (excludes halogenated alkanes) is 2. The summed E-state index contributed by atoms with van der Waals surface area (Å²) in [5.41, 5.74) is 1.44. The molecule has 2 heteroatoms. The molecule has 2 atom stereocenters. The molecule has 1 aromatic rings. The third-order valence-corrected chi connectivity index (χ3v) is 4.18. The van der Waals surface area contributed by atoms with Gasteiger partial charge < -0.3 is 5.32 Å². The molecule has 0 bridgehead atoms. The van der Waals surface area contributed by atoms with E-state index in [1.807, 2.05) is 11.8 Å². The Kier molecular flexibility index (Phi) is 9.02. The van der Waals surface area contributed by atoms with Gasteiger partial charge in [-0.1, -0.05) is 56.5 Å². The lowest BCUT2D eigenvalue weighted by atomic mass is 9.99. The fraction of sp³-hybridized carbons (Fsp3) is 0.647. The third kappa shape index (κ3) is 7.03. The number of thioether (sulfide) groups is 1. The zero-order valence-corrected chi connectivity index (χ0v) is 13.5. The van der Waals surface area contributed by atoms with E-state index in [0.717, 1.165) is 0 Å². The molecule has 1 rings (SSSR count). The van der Waals surface area contributed by atoms with Crippen molar-refractivity contribution in [1.29, 1.82) is 0 Å². The van der Waals surface area contributed by atoms with Crippen molar-refractivity contribution in [2.24, 2.45) is 0 Å². The fourth-order valence-electron chi connectivity index (χ4n) is 2.35. The molecule has 0 aliphatic rings. The van der Waals surface area contributed by atoms with Gasteiger partial charge in [-0.2, -0.15) is 11.8 Å². The number of hydrogen-bond acceptors (Lipinski definition) is 2. The average molecular weight is 279 g/mol. The summed E-state index contributed by atoms with van der Waals surface area (Å²) >= 11 is 1.93. The largest absolute Gasteiger partial charge is 0.307 e. The Morgan fingerprint density at radius 3 is 2.47 bits per heavy atom. The maximum atomic E-state index is 3.81. The van der Waals surface area contributed by atoms with E-state index in [1.165, 1.54) is 43.4 Å². The van der Waals surface area contributed by atoms with E-state index in [4.69, 9.17) is 0 Å². The van der Waals surface area contributed by atoms with Gasteiger partial charge in [0.05, 0.1) is 0 Å². The van der Waals surface area contributed by atoms with Gasteiger partial charge in [0, 0.05) is 12.1 Å². The molecule has 0 saturated carbocycles. The monoisotopic (exact) mass is 279 g/mol. The first-order chi connectivity index (χ1) is 9.27. The Hall–Kier alpha value is -0.470. The van der Waals surface area contributed by atoms with Crippen LogP contribution >= 0.6 is 11.8 Å². The molecule has 0 aliphatic carbocycles. The Balaban J connectivity index is 2.54. The van der Waals surface area contributed by atoms with Crippen LogP contribution in [0.15, 0.2) is 30.3 Å². The van der Waals surface area contributed by atoms with Crippen molar-refractivity contribution in [3.8, 4) is 0 Å². The van der Waals surface area contributed by atoms with Crippen molar-refractivity contribution < 1.29 is 0 Å². The van der Waals surface area contributed by atoms with Crippen molar-refractivity contribution in [2.75, 3.05) is 12.0 Å². The first-order valence-corrected chi connectivity index (χ1v) is 8.97. The van der Waals surface area contributed by atoms with Gasteiger partial charge in [0.1, 0.15) is 0 Å². The number of nitrogens with one attached hydrogen (secondary N) is 1. The standard InChI is InChI=1S/C17H29NS/c1-4-5-7-12-17(16-10-8-6-9-11-16)18-15(2)13-14-19-3/h6,8-11,15,17-18H,4-5,7,12-14H2,1-3H3. The van der Waals surface area contributed by atoms with Crippen molar-refractivity contribution in [2.45, 2.75) is 58.0 Å². The van der Waals surface area contributed by atoms with Crippen LogP contribution in [0.3, 0.4) is 0 Å². The van der Waals surface area contributed by atoms with Gasteiger partial charge in [-0.25, -0.2) is 0 Å². The van der Waals surface area contributed by atoms with Crippen LogP contribution in [-0.4, -0.2) is 18.1 Å². The van der Waals surface area contributed by atoms with Crippen molar-refractivity contribution in [3.05, 3.63) is 35.9 Å². The van der Waals surface area contributed by atoms with Gasteiger partial charge in [-0.3, -0.25) is 0 Å². The SMILES string of the molecule is CCCCCC(NC(C)CCSC)c1ccccc1. The summed E-state index contributed by atoms with van der Waals surface area (Å²) in [5, 5.41) is 3.81. The van der Waals surface area contributed by atoms with Crippen LogP contribution in [0.25, 0.3) is 0 Å². The summed E-state index contributed by atoms with van der Waals surface area (Å²) in [6, 6.07) is 12.0. The molecule has 0 amide bonds. The molecule has 1 aromatic carbocycles. The molecule has 0 aromatic heterocycles. The molecule has 0 radical (unpaired) electrons. The summed E-state index contributed by atoms with van der Waals surface area (Å²) in [4.78, 5) is 0. The summed E-state index contributed by atoms with van der Waals surface area (Å²) in [7, 11) is 0. The van der Waals surface area contributed by atoms with Crippen molar-refractivity contribution >= 4 is 11.8 Å². The molecule has 19 heavy (non-hydrogen) atoms. The van der Waals surface area contributed by atoms with Gasteiger partial charge in [-0.15, -0.1) is 0 Å². The summed E-state index contributed by atoms with van der Waals surface area (Å²) in [6.45, 7) is 4.58. The van der Waals surface area contributed by atoms with Crippen LogP contribution in [0.5, 0.6) is 0 Å². The second-order valence-corrected chi connectivity index (χ2v) is 6.29. The molecule has 108 valence electrons. The van der Waals surface area contributed by atoms with Crippen LogP contribution in [0, 0.1) is 0 Å². The highest BCUT2D eigenvalue weighted by Gasteiger charge is 2.13. The van der Waals surface area contributed by atoms with Crippen molar-refractivity contribution in [1.82, 2.24) is 5.32 Å². The Bertz CT molecular complexity index is 312. The highest BCUT2D eigenvalue weighted by atomic mass is 32.2. The fourth-order valence-corrected chi connectivity index (χ4v) is 2.94. The lowest BCUT2D eigenvalue weighted by Gasteiger charge is -2.24. The number of rotatable bonds is 10. The van der Waals surface area contributed by atoms with E-state index in [2.05, 4.69) is 55.8 Å². The van der Waals surface area contributed by atoms with Crippen LogP contribution in [-0.2, 0) is 0 Å². The lowest BCUT2D eigenvalue weighted by molar-refractivity contribution is 0.415. The summed E-state index contributed by atoms with van der Waals surface area (Å²) in [6.07, 6.45) is 8.63. The summed E-state index contributed by atoms with van der Waals surface area (Å²) in [5.74, 6) is 1.24. The molecule has 0 spiro atoms. The molecular formula is C17H29NS. The van der Waals surface area contributed by atoms with E-state index in [1.54, 1.807) is 0 Å². The Morgan fingerprint density at radius 2 is 1.84 bits per heavy atom. The normalized spacial score (nSPS) is 14.3. The first-order valence-electron chi connectivity index (χ1n) is 7.57. The van der Waals surface area contributed by atoms with E-state index in [0.29, 0.717) is 12.1 Å². The molecule has 0 saturated heterocycles. The molecule has 0 aliphatic heterocycles. The molecule has 0 fully saturated rings. The minimum absolute atomic E-state index is 0.518. The predicted octanol–water partition coefficient (Wildman–Crippen LogP) is 5.04. The highest BCUT2D eigenvalue weighted by Crippen LogP contribution is 2.21. The molecule has 1 nitrogen and oxygen atoms in total. The number of benzene rings is 1. The molecule has 1 N–H and O–H groups in total. The zero-order valence-electron chi connectivity index (χ0n) is 12.7. The van der Waals surface area contributed by atoms with Crippen LogP contribution in [0.4, 0.5) is 0 Å². The minimum atomic E-state index is 0.518. The maximum absolute atomic E-state index is 3.81. The van der Waals surface area contributed by atoms with Gasteiger partial charge in [0.2, 0.25) is 0 Å². The summed E-state index contributed by atoms with van der Waals surface area (Å²) < 4.78 is 0. The average Bonchev–Trinajstić information content (AvgIpc) is 2.45. The van der Waals surface area contributed by atoms with E-state index >= 15 is 0 Å². The van der Waals surface area contributed by atoms with E-state index < -0.39 is 0 Å². The Labute approximate surface area is 123 Å². The van der Waals surface area contributed by atoms with Gasteiger partial charge in [0.15, 0.2) is 0 Å². The quantitative estimate of drug-likeness (QED) is 0.602. The second kappa shape index (κ2) is 10.3. The van der Waals surface area contributed by atoms with Crippen LogP contribution < -0.4 is 5.32 Å². The van der Waals surface area contributed by atoms with Crippen LogP contribution in [0.2, 0.25) is 0 Å². The maximum Gasteiger partial charge on any atom is 0.0322 e. The third-order valence-electron chi connectivity index (χ3n) is 3.54. The van der Waals surface area contributed by atoms with Gasteiger partial charge >= 0.3 is 0 Å². The van der Waals surface area contributed by atoms with Crippen molar-refractivity contribution in [3.63, 3.8) is 0 Å². The topological polar surface area (TPSA) is 12.0 Å². The lowest BCUT2D eigenvalue weighted by Crippen LogP contribution is -2.31. The van der Waals surface area contributed by atoms with Gasteiger partial charge in [0.25, 0.3) is 0 Å². The smallest absolute Gasteiger partial charge is 0.0322 e. The number of hydrogen-bond donors (Lipinski definition) is 1. The Morgan fingerprint density at radius 1 is 1.11 bits per heavy atom.